The number of hydrogen-bond donors (Lipinski definition) is 1. The first-order valence-electron chi connectivity index (χ1n) is 4.67. The highest BCUT2D eigenvalue weighted by molar-refractivity contribution is 6.35. The van der Waals surface area contributed by atoms with E-state index in [1.54, 1.807) is 24.3 Å². The average Bonchev–Trinajstić information content (AvgIpc) is 2.25. The lowest BCUT2D eigenvalue weighted by molar-refractivity contribution is 0.464. The van der Waals surface area contributed by atoms with Crippen molar-refractivity contribution in [1.29, 1.82) is 0 Å². The Labute approximate surface area is 113 Å². The summed E-state index contributed by atoms with van der Waals surface area (Å²) in [5, 5.41) is 10.4. The highest BCUT2D eigenvalue weighted by Crippen LogP contribution is 2.36. The molecule has 0 aliphatic rings. The molecular weight excluding hydrogens is 282 g/mol. The maximum Gasteiger partial charge on any atom is 0.146 e. The van der Waals surface area contributed by atoms with Crippen LogP contribution in [-0.2, 0) is 0 Å². The van der Waals surface area contributed by atoms with Gasteiger partial charge in [-0.15, -0.1) is 0 Å². The maximum atomic E-state index is 9.21. The first-order chi connectivity index (χ1) is 8.06. The molecule has 1 N–H and O–H groups in total. The van der Waals surface area contributed by atoms with E-state index in [0.717, 1.165) is 0 Å². The average molecular weight is 290 g/mol. The molecule has 5 heteroatoms. The Morgan fingerprint density at radius 1 is 0.824 bits per heavy atom. The van der Waals surface area contributed by atoms with Crippen LogP contribution in [0.1, 0.15) is 0 Å². The van der Waals surface area contributed by atoms with E-state index in [0.29, 0.717) is 26.6 Å². The molecule has 0 spiro atoms. The molecule has 2 rings (SSSR count). The molecule has 0 aliphatic heterocycles. The van der Waals surface area contributed by atoms with Crippen molar-refractivity contribution in [3.05, 3.63) is 51.5 Å². The van der Waals surface area contributed by atoms with E-state index in [1.807, 2.05) is 0 Å². The zero-order valence-electron chi connectivity index (χ0n) is 8.45. The number of rotatable bonds is 2. The zero-order valence-corrected chi connectivity index (χ0v) is 10.7. The third-order valence-electron chi connectivity index (χ3n) is 2.03. The summed E-state index contributed by atoms with van der Waals surface area (Å²) in [5.74, 6) is 0.932. The van der Waals surface area contributed by atoms with Gasteiger partial charge in [0.25, 0.3) is 0 Å². The summed E-state index contributed by atoms with van der Waals surface area (Å²) >= 11 is 17.6. The highest BCUT2D eigenvalue weighted by atomic mass is 35.5. The van der Waals surface area contributed by atoms with Crippen molar-refractivity contribution in [2.75, 3.05) is 0 Å². The molecule has 17 heavy (non-hydrogen) atoms. The van der Waals surface area contributed by atoms with E-state index in [-0.39, 0.29) is 5.75 Å². The fourth-order valence-corrected chi connectivity index (χ4v) is 1.91. The third kappa shape index (κ3) is 2.97. The van der Waals surface area contributed by atoms with Crippen LogP contribution in [-0.4, -0.2) is 5.11 Å². The zero-order chi connectivity index (χ0) is 12.4. The number of benzene rings is 2. The Hall–Kier alpha value is -1.09. The molecule has 2 nitrogen and oxygen atoms in total. The lowest BCUT2D eigenvalue weighted by Crippen LogP contribution is -1.86. The quantitative estimate of drug-likeness (QED) is 0.829. The molecule has 0 saturated heterocycles. The standard InChI is InChI=1S/C12H7Cl3O2/c13-7-1-3-11(9(14)5-7)17-12-4-2-8(16)6-10(12)15/h1-6,16H. The van der Waals surface area contributed by atoms with Crippen molar-refractivity contribution in [2.45, 2.75) is 0 Å². The van der Waals surface area contributed by atoms with Crippen molar-refractivity contribution in [3.8, 4) is 17.2 Å². The van der Waals surface area contributed by atoms with Crippen LogP contribution < -0.4 is 4.74 Å². The van der Waals surface area contributed by atoms with Gasteiger partial charge in [0.15, 0.2) is 0 Å². The predicted molar refractivity (Wildman–Crippen MR) is 69.7 cm³/mol. The fraction of sp³-hybridized carbons (Fsp3) is 0. The summed E-state index contributed by atoms with van der Waals surface area (Å²) in [5.41, 5.74) is 0. The van der Waals surface area contributed by atoms with Gasteiger partial charge < -0.3 is 9.84 Å². The van der Waals surface area contributed by atoms with Crippen molar-refractivity contribution in [3.63, 3.8) is 0 Å². The summed E-state index contributed by atoms with van der Waals surface area (Å²) < 4.78 is 5.52. The number of aromatic hydroxyl groups is 1. The largest absolute Gasteiger partial charge is 0.508 e. The van der Waals surface area contributed by atoms with Crippen molar-refractivity contribution >= 4 is 34.8 Å². The normalized spacial score (nSPS) is 10.3. The summed E-state index contributed by atoms with van der Waals surface area (Å²) in [6.07, 6.45) is 0. The summed E-state index contributed by atoms with van der Waals surface area (Å²) in [7, 11) is 0. The van der Waals surface area contributed by atoms with Crippen LogP contribution in [0.4, 0.5) is 0 Å². The minimum atomic E-state index is 0.0737. The molecule has 88 valence electrons. The van der Waals surface area contributed by atoms with Crippen molar-refractivity contribution in [1.82, 2.24) is 0 Å². The van der Waals surface area contributed by atoms with Crippen LogP contribution in [0.25, 0.3) is 0 Å². The molecule has 0 fully saturated rings. The number of ether oxygens (including phenoxy) is 1. The predicted octanol–water partition coefficient (Wildman–Crippen LogP) is 5.14. The molecule has 0 atom stereocenters. The van der Waals surface area contributed by atoms with Crippen LogP contribution in [0.3, 0.4) is 0 Å². The van der Waals surface area contributed by atoms with E-state index in [9.17, 15) is 5.11 Å². The second kappa shape index (κ2) is 5.05. The molecule has 0 heterocycles. The molecule has 0 aliphatic carbocycles. The van der Waals surface area contributed by atoms with Gasteiger partial charge in [-0.2, -0.15) is 0 Å². The summed E-state index contributed by atoms with van der Waals surface area (Å²) in [6, 6.07) is 9.31. The van der Waals surface area contributed by atoms with Crippen molar-refractivity contribution < 1.29 is 9.84 Å². The van der Waals surface area contributed by atoms with Gasteiger partial charge in [-0.1, -0.05) is 34.8 Å². The number of phenols is 1. The minimum Gasteiger partial charge on any atom is -0.508 e. The molecule has 0 amide bonds. The Balaban J connectivity index is 2.31. The van der Waals surface area contributed by atoms with Crippen LogP contribution in [0.15, 0.2) is 36.4 Å². The molecule has 2 aromatic carbocycles. The van der Waals surface area contributed by atoms with E-state index >= 15 is 0 Å². The molecule has 0 saturated carbocycles. The van der Waals surface area contributed by atoms with Gasteiger partial charge >= 0.3 is 0 Å². The van der Waals surface area contributed by atoms with E-state index in [2.05, 4.69) is 0 Å². The molecule has 0 aromatic heterocycles. The maximum absolute atomic E-state index is 9.21. The monoisotopic (exact) mass is 288 g/mol. The summed E-state index contributed by atoms with van der Waals surface area (Å²) in [4.78, 5) is 0. The van der Waals surface area contributed by atoms with Crippen LogP contribution in [0.2, 0.25) is 15.1 Å². The molecule has 0 radical (unpaired) electrons. The Kier molecular flexibility index (Phi) is 3.67. The van der Waals surface area contributed by atoms with Gasteiger partial charge in [-0.05, 0) is 30.3 Å². The van der Waals surface area contributed by atoms with Gasteiger partial charge in [0.2, 0.25) is 0 Å². The molecule has 0 bridgehead atoms. The molecule has 0 unspecified atom stereocenters. The first-order valence-corrected chi connectivity index (χ1v) is 5.81. The lowest BCUT2D eigenvalue weighted by atomic mass is 10.3. The molecule has 2 aromatic rings. The Morgan fingerprint density at radius 3 is 2.00 bits per heavy atom. The fourth-order valence-electron chi connectivity index (χ4n) is 1.25. The van der Waals surface area contributed by atoms with Gasteiger partial charge in [-0.3, -0.25) is 0 Å². The molecular formula is C12H7Cl3O2. The van der Waals surface area contributed by atoms with E-state index in [1.165, 1.54) is 12.1 Å². The lowest BCUT2D eigenvalue weighted by Gasteiger charge is -2.09. The van der Waals surface area contributed by atoms with Crippen molar-refractivity contribution in [2.24, 2.45) is 0 Å². The number of halogens is 3. The smallest absolute Gasteiger partial charge is 0.146 e. The topological polar surface area (TPSA) is 29.5 Å². The highest BCUT2D eigenvalue weighted by Gasteiger charge is 2.07. The first kappa shape index (κ1) is 12.4. The second-order valence-corrected chi connectivity index (χ2v) is 4.54. The number of phenolic OH excluding ortho intramolecular Hbond substituents is 1. The van der Waals surface area contributed by atoms with Gasteiger partial charge in [0.1, 0.15) is 17.2 Å². The second-order valence-electron chi connectivity index (χ2n) is 3.29. The van der Waals surface area contributed by atoms with Crippen LogP contribution in [0, 0.1) is 0 Å². The minimum absolute atomic E-state index is 0.0737. The van der Waals surface area contributed by atoms with Gasteiger partial charge in [0, 0.05) is 11.1 Å². The van der Waals surface area contributed by atoms with Crippen LogP contribution in [0.5, 0.6) is 17.2 Å². The van der Waals surface area contributed by atoms with Crippen LogP contribution >= 0.6 is 34.8 Å². The van der Waals surface area contributed by atoms with Gasteiger partial charge in [0.05, 0.1) is 10.0 Å². The Bertz CT molecular complexity index is 506. The third-order valence-corrected chi connectivity index (χ3v) is 2.86. The summed E-state index contributed by atoms with van der Waals surface area (Å²) in [6.45, 7) is 0. The van der Waals surface area contributed by atoms with E-state index in [4.69, 9.17) is 39.5 Å². The SMILES string of the molecule is Oc1ccc(Oc2ccc(Cl)cc2Cl)c(Cl)c1. The van der Waals surface area contributed by atoms with E-state index < -0.39 is 0 Å². The number of hydrogen-bond acceptors (Lipinski definition) is 2. The van der Waals surface area contributed by atoms with Gasteiger partial charge in [-0.25, -0.2) is 0 Å². The Morgan fingerprint density at radius 2 is 1.41 bits per heavy atom.